The van der Waals surface area contributed by atoms with Crippen LogP contribution < -0.4 is 10.6 Å². The molecule has 0 spiro atoms. The van der Waals surface area contributed by atoms with Gasteiger partial charge in [0.15, 0.2) is 0 Å². The monoisotopic (exact) mass is 262 g/mol. The van der Waals surface area contributed by atoms with Gasteiger partial charge in [-0.3, -0.25) is 0 Å². The van der Waals surface area contributed by atoms with Crippen molar-refractivity contribution in [1.82, 2.24) is 9.97 Å². The summed E-state index contributed by atoms with van der Waals surface area (Å²) in [4.78, 5) is 9.66. The molecule has 0 saturated heterocycles. The van der Waals surface area contributed by atoms with E-state index < -0.39 is 12.6 Å². The second-order valence-corrected chi connectivity index (χ2v) is 4.10. The number of hydrogen-bond acceptors (Lipinski definition) is 4. The topological polar surface area (TPSA) is 55.0 Å². The van der Waals surface area contributed by atoms with Crippen molar-refractivity contribution in [2.24, 2.45) is 0 Å². The molecule has 0 aliphatic heterocycles. The van der Waals surface area contributed by atoms with Crippen molar-refractivity contribution in [2.45, 2.75) is 32.4 Å². The first-order chi connectivity index (χ1) is 8.31. The van der Waals surface area contributed by atoms with Crippen LogP contribution in [0.5, 0.6) is 0 Å². The van der Waals surface area contributed by atoms with Gasteiger partial charge in [-0.1, -0.05) is 6.92 Å². The Morgan fingerprint density at radius 1 is 1.33 bits per heavy atom. The number of rotatable bonds is 5. The highest BCUT2D eigenvalue weighted by molar-refractivity contribution is 5.46. The smallest absolute Gasteiger partial charge is 0.384 e. The average molecular weight is 262 g/mol. The summed E-state index contributed by atoms with van der Waals surface area (Å²) in [6.45, 7) is 1.82. The Balaban J connectivity index is 2.75. The largest absolute Gasteiger partial charge is 0.390 e. The third kappa shape index (κ3) is 4.77. The second-order valence-electron chi connectivity index (χ2n) is 4.10. The minimum Gasteiger partial charge on any atom is -0.384 e. The van der Waals surface area contributed by atoms with Crippen molar-refractivity contribution in [3.05, 3.63) is 11.9 Å². The van der Waals surface area contributed by atoms with Gasteiger partial charge >= 0.3 is 6.18 Å². The maximum Gasteiger partial charge on any atom is 0.390 e. The Morgan fingerprint density at radius 2 is 2.00 bits per heavy atom. The van der Waals surface area contributed by atoms with E-state index in [-0.39, 0.29) is 12.4 Å². The Morgan fingerprint density at radius 3 is 2.56 bits per heavy atom. The zero-order valence-electron chi connectivity index (χ0n) is 10.5. The molecule has 0 saturated carbocycles. The molecule has 1 aromatic rings. The van der Waals surface area contributed by atoms with Gasteiger partial charge in [-0.2, -0.15) is 13.2 Å². The zero-order chi connectivity index (χ0) is 13.8. The predicted molar refractivity (Wildman–Crippen MR) is 64.4 cm³/mol. The molecule has 0 aliphatic rings. The van der Waals surface area contributed by atoms with Gasteiger partial charge in [0.25, 0.3) is 0 Å². The Kier molecular flexibility index (Phi) is 4.75. The van der Waals surface area contributed by atoms with Crippen molar-refractivity contribution in [3.63, 3.8) is 0 Å². The molecule has 1 rings (SSSR count). The third-order valence-electron chi connectivity index (χ3n) is 2.37. The van der Waals surface area contributed by atoms with Gasteiger partial charge in [0.05, 0.1) is 6.42 Å². The first-order valence-electron chi connectivity index (χ1n) is 5.73. The molecule has 0 unspecified atom stereocenters. The standard InChI is InChI=1S/C11H17F3N4/c1-3-4-9-16-8(15)7-10(17-9)18(2)6-5-11(12,13)14/h7H,3-6H2,1-2H3,(H2,15,16,17). The second kappa shape index (κ2) is 5.88. The van der Waals surface area contributed by atoms with Gasteiger partial charge in [-0.05, 0) is 6.42 Å². The molecule has 0 fully saturated rings. The summed E-state index contributed by atoms with van der Waals surface area (Å²) in [6, 6.07) is 1.48. The van der Waals surface area contributed by atoms with Crippen LogP contribution in [0.3, 0.4) is 0 Å². The predicted octanol–water partition coefficient (Wildman–Crippen LogP) is 2.40. The highest BCUT2D eigenvalue weighted by atomic mass is 19.4. The van der Waals surface area contributed by atoms with E-state index in [1.807, 2.05) is 6.92 Å². The van der Waals surface area contributed by atoms with Gasteiger partial charge < -0.3 is 10.6 Å². The lowest BCUT2D eigenvalue weighted by atomic mass is 10.3. The summed E-state index contributed by atoms with van der Waals surface area (Å²) in [6.07, 6.45) is -3.53. The number of alkyl halides is 3. The van der Waals surface area contributed by atoms with Crippen molar-refractivity contribution < 1.29 is 13.2 Å². The Labute approximate surface area is 104 Å². The molecule has 1 aromatic heterocycles. The van der Waals surface area contributed by atoms with Crippen LogP contribution in [0.2, 0.25) is 0 Å². The normalized spacial score (nSPS) is 11.6. The van der Waals surface area contributed by atoms with Crippen molar-refractivity contribution >= 4 is 11.6 Å². The number of nitrogen functional groups attached to an aromatic ring is 1. The van der Waals surface area contributed by atoms with Crippen LogP contribution in [0.15, 0.2) is 6.07 Å². The van der Waals surface area contributed by atoms with Crippen LogP contribution in [0.4, 0.5) is 24.8 Å². The van der Waals surface area contributed by atoms with E-state index in [1.165, 1.54) is 11.0 Å². The molecule has 102 valence electrons. The molecule has 0 radical (unpaired) electrons. The van der Waals surface area contributed by atoms with Crippen molar-refractivity contribution in [1.29, 1.82) is 0 Å². The summed E-state index contributed by atoms with van der Waals surface area (Å²) in [5.74, 6) is 1.27. The van der Waals surface area contributed by atoms with E-state index in [9.17, 15) is 13.2 Å². The molecule has 4 nitrogen and oxygen atoms in total. The molecule has 2 N–H and O–H groups in total. The van der Waals surface area contributed by atoms with E-state index in [0.717, 1.165) is 6.42 Å². The van der Waals surface area contributed by atoms with Gasteiger partial charge in [0, 0.05) is 26.1 Å². The minimum atomic E-state index is -4.17. The van der Waals surface area contributed by atoms with Crippen LogP contribution in [-0.2, 0) is 6.42 Å². The van der Waals surface area contributed by atoms with Crippen LogP contribution in [-0.4, -0.2) is 29.7 Å². The summed E-state index contributed by atoms with van der Waals surface area (Å²) < 4.78 is 36.4. The number of aryl methyl sites for hydroxylation is 1. The van der Waals surface area contributed by atoms with E-state index in [4.69, 9.17) is 5.73 Å². The fourth-order valence-electron chi connectivity index (χ4n) is 1.44. The zero-order valence-corrected chi connectivity index (χ0v) is 10.5. The maximum absolute atomic E-state index is 12.1. The SMILES string of the molecule is CCCc1nc(N)cc(N(C)CCC(F)(F)F)n1. The van der Waals surface area contributed by atoms with E-state index in [1.54, 1.807) is 7.05 Å². The molecular weight excluding hydrogens is 245 g/mol. The van der Waals surface area contributed by atoms with Gasteiger partial charge in [-0.25, -0.2) is 9.97 Å². The lowest BCUT2D eigenvalue weighted by Crippen LogP contribution is -2.25. The fraction of sp³-hybridized carbons (Fsp3) is 0.636. The number of nitrogens with zero attached hydrogens (tertiary/aromatic N) is 3. The lowest BCUT2D eigenvalue weighted by molar-refractivity contribution is -0.132. The third-order valence-corrected chi connectivity index (χ3v) is 2.37. The molecule has 0 bridgehead atoms. The van der Waals surface area contributed by atoms with E-state index >= 15 is 0 Å². The summed E-state index contributed by atoms with van der Waals surface area (Å²) in [7, 11) is 1.56. The van der Waals surface area contributed by atoms with E-state index in [2.05, 4.69) is 9.97 Å². The molecular formula is C11H17F3N4. The molecule has 0 aliphatic carbocycles. The number of hydrogen-bond donors (Lipinski definition) is 1. The molecule has 18 heavy (non-hydrogen) atoms. The van der Waals surface area contributed by atoms with Crippen molar-refractivity contribution in [2.75, 3.05) is 24.2 Å². The van der Waals surface area contributed by atoms with E-state index in [0.29, 0.717) is 18.1 Å². The molecule has 0 amide bonds. The first kappa shape index (κ1) is 14.5. The highest BCUT2D eigenvalue weighted by Gasteiger charge is 2.27. The minimum absolute atomic E-state index is 0.147. The maximum atomic E-state index is 12.1. The number of nitrogens with two attached hydrogens (primary N) is 1. The first-order valence-corrected chi connectivity index (χ1v) is 5.73. The van der Waals surface area contributed by atoms with Crippen LogP contribution in [0.1, 0.15) is 25.6 Å². The van der Waals surface area contributed by atoms with Crippen LogP contribution in [0, 0.1) is 0 Å². The summed E-state index contributed by atoms with van der Waals surface area (Å²) in [5.41, 5.74) is 5.61. The lowest BCUT2D eigenvalue weighted by Gasteiger charge is -2.19. The number of anilines is 2. The quantitative estimate of drug-likeness (QED) is 0.885. The Hall–Kier alpha value is -1.53. The highest BCUT2D eigenvalue weighted by Crippen LogP contribution is 2.21. The number of halogens is 3. The van der Waals surface area contributed by atoms with Gasteiger partial charge in [0.2, 0.25) is 0 Å². The van der Waals surface area contributed by atoms with Gasteiger partial charge in [-0.15, -0.1) is 0 Å². The molecule has 0 atom stereocenters. The van der Waals surface area contributed by atoms with Crippen LogP contribution >= 0.6 is 0 Å². The average Bonchev–Trinajstić information content (AvgIpc) is 2.24. The van der Waals surface area contributed by atoms with Crippen molar-refractivity contribution in [3.8, 4) is 0 Å². The van der Waals surface area contributed by atoms with Gasteiger partial charge in [0.1, 0.15) is 17.5 Å². The fourth-order valence-corrected chi connectivity index (χ4v) is 1.44. The molecule has 1 heterocycles. The van der Waals surface area contributed by atoms with Crippen LogP contribution in [0.25, 0.3) is 0 Å². The number of aromatic nitrogens is 2. The molecule has 7 heteroatoms. The Bertz CT molecular complexity index is 392. The molecule has 0 aromatic carbocycles. The summed E-state index contributed by atoms with van der Waals surface area (Å²) >= 11 is 0. The summed E-state index contributed by atoms with van der Waals surface area (Å²) in [5, 5.41) is 0.